The molecule has 1 aromatic heterocycles. The van der Waals surface area contributed by atoms with Crippen LogP contribution < -0.4 is 4.72 Å². The van der Waals surface area contributed by atoms with Crippen LogP contribution in [0.1, 0.15) is 17.2 Å². The highest BCUT2D eigenvalue weighted by atomic mass is 32.2. The fourth-order valence-corrected chi connectivity index (χ4v) is 3.90. The van der Waals surface area contributed by atoms with E-state index in [-0.39, 0.29) is 11.4 Å². The van der Waals surface area contributed by atoms with E-state index >= 15 is 0 Å². The minimum Gasteiger partial charge on any atom is -0.387 e. The van der Waals surface area contributed by atoms with Crippen molar-refractivity contribution in [3.05, 3.63) is 71.9 Å². The number of aliphatic hydroxyl groups excluding tert-OH is 1. The second-order valence-corrected chi connectivity index (χ2v) is 7.29. The number of sulfonamides is 1. The molecule has 0 aliphatic carbocycles. The van der Waals surface area contributed by atoms with Crippen molar-refractivity contribution in [2.24, 2.45) is 0 Å². The van der Waals surface area contributed by atoms with Crippen LogP contribution in [0.5, 0.6) is 0 Å². The van der Waals surface area contributed by atoms with E-state index < -0.39 is 16.1 Å². The second-order valence-electron chi connectivity index (χ2n) is 5.55. The first kappa shape index (κ1) is 16.6. The Balaban J connectivity index is 1.85. The number of hydrogen-bond acceptors (Lipinski definition) is 4. The molecule has 5 nitrogen and oxygen atoms in total. The summed E-state index contributed by atoms with van der Waals surface area (Å²) in [6.07, 6.45) is 0.711. The minimum absolute atomic E-state index is 0.0934. The van der Waals surface area contributed by atoms with Gasteiger partial charge in [0.15, 0.2) is 0 Å². The lowest BCUT2D eigenvalue weighted by Crippen LogP contribution is -2.29. The molecule has 2 N–H and O–H groups in total. The maximum absolute atomic E-state index is 12.6. The molecule has 0 radical (unpaired) electrons. The Bertz CT molecular complexity index is 965. The number of benzene rings is 2. The molecular formula is C18H18N2O3S. The third kappa shape index (κ3) is 3.31. The number of rotatable bonds is 5. The van der Waals surface area contributed by atoms with Crippen LogP contribution in [0.15, 0.2) is 65.7 Å². The van der Waals surface area contributed by atoms with Gasteiger partial charge in [0.2, 0.25) is 10.0 Å². The molecule has 124 valence electrons. The van der Waals surface area contributed by atoms with E-state index in [1.807, 2.05) is 25.1 Å². The van der Waals surface area contributed by atoms with Crippen LogP contribution in [0, 0.1) is 6.92 Å². The molecule has 0 amide bonds. The van der Waals surface area contributed by atoms with E-state index in [0.29, 0.717) is 16.5 Å². The van der Waals surface area contributed by atoms with Gasteiger partial charge in [0, 0.05) is 18.1 Å². The van der Waals surface area contributed by atoms with Crippen molar-refractivity contribution in [2.75, 3.05) is 6.54 Å². The summed E-state index contributed by atoms with van der Waals surface area (Å²) >= 11 is 0. The largest absolute Gasteiger partial charge is 0.387 e. The lowest BCUT2D eigenvalue weighted by molar-refractivity contribution is 0.181. The van der Waals surface area contributed by atoms with Crippen molar-refractivity contribution < 1.29 is 13.5 Å². The molecule has 0 spiro atoms. The summed E-state index contributed by atoms with van der Waals surface area (Å²) in [5, 5.41) is 10.8. The summed E-state index contributed by atoms with van der Waals surface area (Å²) in [4.78, 5) is 4.33. The minimum atomic E-state index is -3.75. The molecule has 3 aromatic rings. The monoisotopic (exact) mass is 342 g/mol. The topological polar surface area (TPSA) is 79.3 Å². The van der Waals surface area contributed by atoms with Crippen LogP contribution in [-0.2, 0) is 10.0 Å². The summed E-state index contributed by atoms with van der Waals surface area (Å²) in [6.45, 7) is 1.78. The van der Waals surface area contributed by atoms with Crippen molar-refractivity contribution in [3.63, 3.8) is 0 Å². The summed E-state index contributed by atoms with van der Waals surface area (Å²) in [5.41, 5.74) is 2.23. The van der Waals surface area contributed by atoms with Crippen molar-refractivity contribution in [3.8, 4) is 0 Å². The number of hydrogen-bond donors (Lipinski definition) is 2. The Labute approximate surface area is 141 Å². The number of nitrogens with zero attached hydrogens (tertiary/aromatic N) is 1. The van der Waals surface area contributed by atoms with Gasteiger partial charge in [-0.3, -0.25) is 4.98 Å². The molecular weight excluding hydrogens is 324 g/mol. The molecule has 0 saturated heterocycles. The number of pyridine rings is 1. The van der Waals surface area contributed by atoms with Crippen molar-refractivity contribution in [1.29, 1.82) is 0 Å². The summed E-state index contributed by atoms with van der Waals surface area (Å²) in [7, 11) is -3.75. The predicted molar refractivity (Wildman–Crippen MR) is 93.1 cm³/mol. The van der Waals surface area contributed by atoms with Crippen molar-refractivity contribution in [2.45, 2.75) is 17.9 Å². The van der Waals surface area contributed by atoms with Gasteiger partial charge in [0.1, 0.15) is 0 Å². The highest BCUT2D eigenvalue weighted by Gasteiger charge is 2.19. The van der Waals surface area contributed by atoms with E-state index in [9.17, 15) is 13.5 Å². The van der Waals surface area contributed by atoms with Crippen molar-refractivity contribution >= 4 is 20.9 Å². The van der Waals surface area contributed by atoms with Gasteiger partial charge < -0.3 is 5.11 Å². The van der Waals surface area contributed by atoms with Crippen LogP contribution in [0.3, 0.4) is 0 Å². The second kappa shape index (κ2) is 6.68. The van der Waals surface area contributed by atoms with E-state index in [0.717, 1.165) is 5.56 Å². The molecule has 0 saturated carbocycles. The lowest BCUT2D eigenvalue weighted by atomic mass is 10.0. The van der Waals surface area contributed by atoms with Gasteiger partial charge in [-0.15, -0.1) is 0 Å². The van der Waals surface area contributed by atoms with E-state index in [1.54, 1.807) is 36.5 Å². The molecule has 0 aliphatic heterocycles. The molecule has 0 aliphatic rings. The molecule has 3 rings (SSSR count). The molecule has 2 aromatic carbocycles. The first-order valence-electron chi connectivity index (χ1n) is 7.56. The number of aryl methyl sites for hydroxylation is 1. The third-order valence-corrected chi connectivity index (χ3v) is 5.39. The average Bonchev–Trinajstić information content (AvgIpc) is 2.59. The molecule has 6 heteroatoms. The fraction of sp³-hybridized carbons (Fsp3) is 0.167. The van der Waals surface area contributed by atoms with Crippen LogP contribution in [0.2, 0.25) is 0 Å². The maximum Gasteiger partial charge on any atom is 0.241 e. The molecule has 0 fully saturated rings. The van der Waals surface area contributed by atoms with Crippen LogP contribution in [0.4, 0.5) is 0 Å². The Morgan fingerprint density at radius 3 is 2.67 bits per heavy atom. The zero-order valence-electron chi connectivity index (χ0n) is 13.2. The standard InChI is InChI=1S/C18H18N2O3S/c1-13-6-2-3-7-14(13)17(21)12-20-24(22,23)18-10-4-9-16-15(18)8-5-11-19-16/h2-11,17,20-21H,12H2,1H3. The molecule has 1 heterocycles. The summed E-state index contributed by atoms with van der Waals surface area (Å²) in [5.74, 6) is 0. The zero-order chi connectivity index (χ0) is 17.2. The Hall–Kier alpha value is -2.28. The van der Waals surface area contributed by atoms with E-state index in [2.05, 4.69) is 9.71 Å². The highest BCUT2D eigenvalue weighted by Crippen LogP contribution is 2.22. The Morgan fingerprint density at radius 2 is 1.88 bits per heavy atom. The van der Waals surface area contributed by atoms with Gasteiger partial charge in [0.05, 0.1) is 16.5 Å². The predicted octanol–water partition coefficient (Wildman–Crippen LogP) is 2.56. The number of fused-ring (bicyclic) bond motifs is 1. The van der Waals surface area contributed by atoms with Crippen LogP contribution in [-0.4, -0.2) is 25.1 Å². The van der Waals surface area contributed by atoms with Gasteiger partial charge in [-0.05, 0) is 42.3 Å². The van der Waals surface area contributed by atoms with E-state index in [4.69, 9.17) is 0 Å². The number of aromatic nitrogens is 1. The number of nitrogens with one attached hydrogen (secondary N) is 1. The summed E-state index contributed by atoms with van der Waals surface area (Å²) in [6, 6.07) is 15.7. The molecule has 1 unspecified atom stereocenters. The Morgan fingerprint density at radius 1 is 1.08 bits per heavy atom. The van der Waals surface area contributed by atoms with E-state index in [1.165, 1.54) is 6.07 Å². The molecule has 1 atom stereocenters. The van der Waals surface area contributed by atoms with Gasteiger partial charge in [-0.2, -0.15) is 0 Å². The van der Waals surface area contributed by atoms with Crippen LogP contribution >= 0.6 is 0 Å². The maximum atomic E-state index is 12.6. The number of aliphatic hydroxyl groups is 1. The highest BCUT2D eigenvalue weighted by molar-refractivity contribution is 7.89. The normalized spacial score (nSPS) is 13.1. The van der Waals surface area contributed by atoms with Crippen molar-refractivity contribution in [1.82, 2.24) is 9.71 Å². The van der Waals surface area contributed by atoms with Gasteiger partial charge >= 0.3 is 0 Å². The third-order valence-electron chi connectivity index (χ3n) is 3.91. The molecule has 0 bridgehead atoms. The zero-order valence-corrected chi connectivity index (χ0v) is 14.0. The first-order valence-corrected chi connectivity index (χ1v) is 9.04. The average molecular weight is 342 g/mol. The van der Waals surface area contributed by atoms with Gasteiger partial charge in [-0.1, -0.05) is 30.3 Å². The smallest absolute Gasteiger partial charge is 0.241 e. The van der Waals surface area contributed by atoms with Gasteiger partial charge in [0.25, 0.3) is 0 Å². The lowest BCUT2D eigenvalue weighted by Gasteiger charge is -2.15. The molecule has 24 heavy (non-hydrogen) atoms. The Kier molecular flexibility index (Phi) is 4.62. The quantitative estimate of drug-likeness (QED) is 0.747. The summed E-state index contributed by atoms with van der Waals surface area (Å²) < 4.78 is 27.7. The SMILES string of the molecule is Cc1ccccc1C(O)CNS(=O)(=O)c1cccc2ncccc12. The van der Waals surface area contributed by atoms with Crippen LogP contribution in [0.25, 0.3) is 10.9 Å². The fourth-order valence-electron chi connectivity index (χ4n) is 2.65. The van der Waals surface area contributed by atoms with Gasteiger partial charge in [-0.25, -0.2) is 13.1 Å². The first-order chi connectivity index (χ1) is 11.5.